The van der Waals surface area contributed by atoms with Crippen molar-refractivity contribution in [2.45, 2.75) is 16.3 Å². The first-order valence-electron chi connectivity index (χ1n) is 4.03. The van der Waals surface area contributed by atoms with Crippen molar-refractivity contribution in [3.8, 4) is 0 Å². The molecule has 2 heterocycles. The average molecular weight is 234 g/mol. The van der Waals surface area contributed by atoms with Gasteiger partial charge >= 0.3 is 5.97 Å². The van der Waals surface area contributed by atoms with Crippen LogP contribution in [0.2, 0.25) is 0 Å². The van der Waals surface area contributed by atoms with Crippen LogP contribution in [0.5, 0.6) is 0 Å². The lowest BCUT2D eigenvalue weighted by Crippen LogP contribution is -2.75. The number of rotatable bonds is 2. The number of amides is 1. The van der Waals surface area contributed by atoms with E-state index in [0.717, 1.165) is 0 Å². The Hall–Kier alpha value is -0.400. The second-order valence-electron chi connectivity index (χ2n) is 3.25. The predicted molar refractivity (Wildman–Crippen MR) is 54.9 cm³/mol. The average Bonchev–Trinajstić information content (AvgIpc) is 2.57. The minimum atomic E-state index is -0.948. The monoisotopic (exact) mass is 234 g/mol. The van der Waals surface area contributed by atoms with Gasteiger partial charge in [-0.3, -0.25) is 4.79 Å². The Morgan fingerprint density at radius 2 is 2.50 bits per heavy atom. The molecule has 3 N–H and O–H groups in total. The van der Waals surface area contributed by atoms with Gasteiger partial charge in [-0.1, -0.05) is 0 Å². The molecule has 2 saturated heterocycles. The van der Waals surface area contributed by atoms with Gasteiger partial charge in [0.2, 0.25) is 0 Å². The second-order valence-corrected chi connectivity index (χ2v) is 5.45. The number of nitrogens with zero attached hydrogens (tertiary/aromatic N) is 1. The Labute approximate surface area is 89.4 Å². The van der Waals surface area contributed by atoms with Crippen LogP contribution in [0.1, 0.15) is 0 Å². The summed E-state index contributed by atoms with van der Waals surface area (Å²) in [5, 5.41) is 8.67. The zero-order valence-electron chi connectivity index (χ0n) is 7.47. The normalized spacial score (nSPS) is 40.7. The van der Waals surface area contributed by atoms with Gasteiger partial charge in [-0.2, -0.15) is 0 Å². The van der Waals surface area contributed by atoms with E-state index in [4.69, 9.17) is 10.8 Å². The van der Waals surface area contributed by atoms with E-state index in [0.29, 0.717) is 5.75 Å². The van der Waals surface area contributed by atoms with E-state index in [2.05, 4.69) is 0 Å². The fraction of sp³-hybridized carbons (Fsp3) is 0.714. The number of hydrogen-bond acceptors (Lipinski definition) is 5. The highest BCUT2D eigenvalue weighted by Gasteiger charge is 2.64. The number of carboxylic acids is 1. The molecule has 1 amide bonds. The smallest absolute Gasteiger partial charge is 0.327 e. The fourth-order valence-corrected chi connectivity index (χ4v) is 4.21. The van der Waals surface area contributed by atoms with Crippen LogP contribution in [-0.4, -0.2) is 50.2 Å². The van der Waals surface area contributed by atoms with Gasteiger partial charge < -0.3 is 15.7 Å². The van der Waals surface area contributed by atoms with Crippen molar-refractivity contribution in [2.24, 2.45) is 5.73 Å². The number of carbonyl (C=O) groups is 2. The van der Waals surface area contributed by atoms with Crippen LogP contribution >= 0.6 is 23.5 Å². The van der Waals surface area contributed by atoms with E-state index in [1.54, 1.807) is 6.26 Å². The Morgan fingerprint density at radius 3 is 3.00 bits per heavy atom. The highest BCUT2D eigenvalue weighted by Crippen LogP contribution is 2.48. The van der Waals surface area contributed by atoms with Gasteiger partial charge in [0.1, 0.15) is 11.4 Å². The van der Waals surface area contributed by atoms with E-state index in [1.807, 2.05) is 0 Å². The molecule has 7 heteroatoms. The molecule has 0 radical (unpaired) electrons. The molecule has 0 spiro atoms. The standard InChI is InChI=1S/C7H10N2O3S2/c1-13-7(8)5(12)9-3(4(10)11)2-14-6(7)9/h3,6H,2,8H2,1H3,(H,10,11). The van der Waals surface area contributed by atoms with Gasteiger partial charge in [0.25, 0.3) is 5.91 Å². The van der Waals surface area contributed by atoms with Gasteiger partial charge in [-0.25, -0.2) is 4.79 Å². The summed E-state index contributed by atoms with van der Waals surface area (Å²) in [6.45, 7) is 0. The summed E-state index contributed by atoms with van der Waals surface area (Å²) in [7, 11) is 0. The van der Waals surface area contributed by atoms with Gasteiger partial charge in [-0.15, -0.1) is 23.5 Å². The minimum Gasteiger partial charge on any atom is -0.480 e. The van der Waals surface area contributed by atoms with Crippen molar-refractivity contribution in [3.63, 3.8) is 0 Å². The molecule has 0 saturated carbocycles. The molecule has 0 aromatic carbocycles. The zero-order chi connectivity index (χ0) is 10.5. The van der Waals surface area contributed by atoms with Crippen LogP contribution in [0.25, 0.3) is 0 Å². The minimum absolute atomic E-state index is 0.175. The number of carbonyl (C=O) groups excluding carboxylic acids is 1. The topological polar surface area (TPSA) is 83.6 Å². The molecule has 2 aliphatic rings. The number of carboxylic acid groups (broad SMARTS) is 1. The quantitative estimate of drug-likeness (QED) is 0.489. The summed E-state index contributed by atoms with van der Waals surface area (Å²) < 4.78 is 0. The number of fused-ring (bicyclic) bond motifs is 1. The lowest BCUT2D eigenvalue weighted by atomic mass is 10.0. The number of nitrogens with two attached hydrogens (primary N) is 1. The van der Waals surface area contributed by atoms with Crippen molar-refractivity contribution in [1.82, 2.24) is 4.90 Å². The van der Waals surface area contributed by atoms with Gasteiger partial charge in [0, 0.05) is 5.75 Å². The van der Waals surface area contributed by atoms with Gasteiger partial charge in [0.05, 0.1) is 0 Å². The Balaban J connectivity index is 2.21. The SMILES string of the molecule is CSC1(N)C(=O)N2C(C(=O)O)CSC21. The number of β-lactam (4-membered cyclic amide) rings is 1. The maximum atomic E-state index is 11.6. The molecule has 0 aromatic rings. The number of aliphatic carboxylic acids is 1. The Bertz CT molecular complexity index is 311. The van der Waals surface area contributed by atoms with Crippen LogP contribution in [0, 0.1) is 0 Å². The predicted octanol–water partition coefficient (Wildman–Crippen LogP) is -0.627. The highest BCUT2D eigenvalue weighted by molar-refractivity contribution is 8.05. The van der Waals surface area contributed by atoms with E-state index >= 15 is 0 Å². The number of hydrogen-bond donors (Lipinski definition) is 2. The molecule has 2 aliphatic heterocycles. The lowest BCUT2D eigenvalue weighted by molar-refractivity contribution is -0.158. The molecule has 2 rings (SSSR count). The summed E-state index contributed by atoms with van der Waals surface area (Å²) in [4.78, 5) is 22.9. The summed E-state index contributed by atoms with van der Waals surface area (Å²) in [6.07, 6.45) is 1.77. The van der Waals surface area contributed by atoms with Crippen LogP contribution in [-0.2, 0) is 9.59 Å². The lowest BCUT2D eigenvalue weighted by Gasteiger charge is -2.49. The van der Waals surface area contributed by atoms with E-state index < -0.39 is 16.9 Å². The molecule has 78 valence electrons. The number of thioether (sulfide) groups is 2. The van der Waals surface area contributed by atoms with Crippen LogP contribution in [0.4, 0.5) is 0 Å². The largest absolute Gasteiger partial charge is 0.480 e. The Morgan fingerprint density at radius 1 is 1.86 bits per heavy atom. The molecule has 0 aliphatic carbocycles. The molecule has 0 bridgehead atoms. The van der Waals surface area contributed by atoms with E-state index in [-0.39, 0.29) is 11.3 Å². The molecule has 0 aromatic heterocycles. The van der Waals surface area contributed by atoms with E-state index in [1.165, 1.54) is 28.4 Å². The second kappa shape index (κ2) is 3.04. The van der Waals surface area contributed by atoms with Crippen LogP contribution < -0.4 is 5.73 Å². The molecular weight excluding hydrogens is 224 g/mol. The third-order valence-corrected chi connectivity index (χ3v) is 5.20. The van der Waals surface area contributed by atoms with Crippen molar-refractivity contribution in [2.75, 3.05) is 12.0 Å². The van der Waals surface area contributed by atoms with Crippen LogP contribution in [0.3, 0.4) is 0 Å². The van der Waals surface area contributed by atoms with Crippen LogP contribution in [0.15, 0.2) is 0 Å². The molecule has 14 heavy (non-hydrogen) atoms. The van der Waals surface area contributed by atoms with Gasteiger partial charge in [-0.05, 0) is 6.26 Å². The molecule has 2 fully saturated rings. The maximum Gasteiger partial charge on any atom is 0.327 e. The maximum absolute atomic E-state index is 11.6. The third-order valence-electron chi connectivity index (χ3n) is 2.56. The zero-order valence-corrected chi connectivity index (χ0v) is 9.10. The molecule has 3 unspecified atom stereocenters. The summed E-state index contributed by atoms with van der Waals surface area (Å²) in [5.74, 6) is -0.769. The first-order valence-corrected chi connectivity index (χ1v) is 6.31. The van der Waals surface area contributed by atoms with Crippen molar-refractivity contribution in [1.29, 1.82) is 0 Å². The fourth-order valence-electron chi connectivity index (χ4n) is 1.70. The van der Waals surface area contributed by atoms with Crippen molar-refractivity contribution >= 4 is 35.4 Å². The van der Waals surface area contributed by atoms with Crippen molar-refractivity contribution in [3.05, 3.63) is 0 Å². The van der Waals surface area contributed by atoms with E-state index in [9.17, 15) is 9.59 Å². The van der Waals surface area contributed by atoms with Crippen molar-refractivity contribution < 1.29 is 14.7 Å². The summed E-state index contributed by atoms with van der Waals surface area (Å²) in [6, 6.07) is -0.693. The molecule has 3 atom stereocenters. The highest BCUT2D eigenvalue weighted by atomic mass is 32.2. The third kappa shape index (κ3) is 1.03. The molecule has 5 nitrogen and oxygen atoms in total. The molecular formula is C7H10N2O3S2. The Kier molecular flexibility index (Phi) is 2.20. The summed E-state index contributed by atoms with van der Waals surface area (Å²) in [5.41, 5.74) is 5.85. The summed E-state index contributed by atoms with van der Waals surface area (Å²) >= 11 is 2.73. The first kappa shape index (κ1) is 10.1. The first-order chi connectivity index (χ1) is 6.52. The van der Waals surface area contributed by atoms with Gasteiger partial charge in [0.15, 0.2) is 4.87 Å².